The van der Waals surface area contributed by atoms with E-state index >= 15 is 0 Å². The van der Waals surface area contributed by atoms with E-state index < -0.39 is 9.05 Å². The Labute approximate surface area is 107 Å². The first-order chi connectivity index (χ1) is 7.77. The molecule has 0 saturated carbocycles. The van der Waals surface area contributed by atoms with E-state index in [0.29, 0.717) is 18.3 Å². The van der Waals surface area contributed by atoms with Crippen molar-refractivity contribution in [2.24, 2.45) is 5.92 Å². The van der Waals surface area contributed by atoms with Gasteiger partial charge in [0.1, 0.15) is 5.82 Å². The SMILES string of the molecule is CCC(C)c1nnc(S(=O)(=O)Cl)n1CC(C)C. The van der Waals surface area contributed by atoms with Gasteiger partial charge in [-0.15, -0.1) is 10.2 Å². The van der Waals surface area contributed by atoms with Crippen molar-refractivity contribution in [3.05, 3.63) is 5.82 Å². The summed E-state index contributed by atoms with van der Waals surface area (Å²) in [6.07, 6.45) is 0.874. The molecule has 1 aromatic rings. The minimum Gasteiger partial charge on any atom is -0.300 e. The van der Waals surface area contributed by atoms with E-state index in [9.17, 15) is 8.42 Å². The first-order valence-electron chi connectivity index (χ1n) is 5.65. The van der Waals surface area contributed by atoms with E-state index in [1.54, 1.807) is 4.57 Å². The maximum atomic E-state index is 11.4. The second-order valence-corrected chi connectivity index (χ2v) is 7.05. The maximum absolute atomic E-state index is 11.4. The second-order valence-electron chi connectivity index (χ2n) is 4.59. The zero-order chi connectivity index (χ0) is 13.2. The summed E-state index contributed by atoms with van der Waals surface area (Å²) in [6, 6.07) is 0. The lowest BCUT2D eigenvalue weighted by Crippen LogP contribution is -2.14. The van der Waals surface area contributed by atoms with Gasteiger partial charge in [-0.25, -0.2) is 8.42 Å². The molecule has 0 fully saturated rings. The summed E-state index contributed by atoms with van der Waals surface area (Å²) in [7, 11) is 1.52. The van der Waals surface area contributed by atoms with Gasteiger partial charge >= 0.3 is 0 Å². The molecule has 7 heteroatoms. The fourth-order valence-corrected chi connectivity index (χ4v) is 2.48. The lowest BCUT2D eigenvalue weighted by atomic mass is 10.1. The van der Waals surface area contributed by atoms with E-state index in [0.717, 1.165) is 6.42 Å². The van der Waals surface area contributed by atoms with E-state index in [1.807, 2.05) is 27.7 Å². The minimum absolute atomic E-state index is 0.150. The zero-order valence-electron chi connectivity index (χ0n) is 10.5. The number of halogens is 1. The van der Waals surface area contributed by atoms with Gasteiger partial charge < -0.3 is 4.57 Å². The molecule has 0 radical (unpaired) electrons. The molecule has 1 rings (SSSR count). The molecule has 1 heterocycles. The highest BCUT2D eigenvalue weighted by Crippen LogP contribution is 2.22. The van der Waals surface area contributed by atoms with Crippen molar-refractivity contribution < 1.29 is 8.42 Å². The van der Waals surface area contributed by atoms with Crippen LogP contribution in [0.4, 0.5) is 0 Å². The quantitative estimate of drug-likeness (QED) is 0.776. The predicted molar refractivity (Wildman–Crippen MR) is 66.6 cm³/mol. The molecule has 0 aromatic carbocycles. The van der Waals surface area contributed by atoms with Gasteiger partial charge in [0.25, 0.3) is 14.2 Å². The standard InChI is InChI=1S/C10H18ClN3O2S/c1-5-8(4)9-12-13-10(17(11,15)16)14(9)6-7(2)3/h7-8H,5-6H2,1-4H3. The van der Waals surface area contributed by atoms with Crippen molar-refractivity contribution in [3.63, 3.8) is 0 Å². The molecule has 0 amide bonds. The van der Waals surface area contributed by atoms with Crippen molar-refractivity contribution in [2.75, 3.05) is 0 Å². The summed E-state index contributed by atoms with van der Waals surface area (Å²) in [5.41, 5.74) is 0. The van der Waals surface area contributed by atoms with Crippen LogP contribution in [0.25, 0.3) is 0 Å². The van der Waals surface area contributed by atoms with Crippen molar-refractivity contribution in [1.29, 1.82) is 0 Å². The first-order valence-corrected chi connectivity index (χ1v) is 7.96. The molecule has 0 aliphatic rings. The van der Waals surface area contributed by atoms with Crippen LogP contribution in [-0.2, 0) is 15.6 Å². The predicted octanol–water partition coefficient (Wildman–Crippen LogP) is 2.38. The zero-order valence-corrected chi connectivity index (χ0v) is 12.1. The lowest BCUT2D eigenvalue weighted by Gasteiger charge is -2.14. The van der Waals surface area contributed by atoms with Crippen LogP contribution in [0.2, 0.25) is 0 Å². The van der Waals surface area contributed by atoms with E-state index in [1.165, 1.54) is 0 Å². The van der Waals surface area contributed by atoms with Crippen molar-refractivity contribution in [1.82, 2.24) is 14.8 Å². The Balaban J connectivity index is 3.30. The van der Waals surface area contributed by atoms with Crippen LogP contribution in [0.5, 0.6) is 0 Å². The summed E-state index contributed by atoms with van der Waals surface area (Å²) in [5.74, 6) is 1.14. The molecule has 0 bridgehead atoms. The van der Waals surface area contributed by atoms with Crippen molar-refractivity contribution in [3.8, 4) is 0 Å². The number of rotatable bonds is 5. The molecule has 0 spiro atoms. The Bertz CT molecular complexity index is 482. The molecule has 0 N–H and O–H groups in total. The maximum Gasteiger partial charge on any atom is 0.296 e. The molecule has 98 valence electrons. The van der Waals surface area contributed by atoms with Crippen LogP contribution < -0.4 is 0 Å². The molecule has 1 unspecified atom stereocenters. The smallest absolute Gasteiger partial charge is 0.296 e. The summed E-state index contributed by atoms with van der Waals surface area (Å²) in [6.45, 7) is 8.57. The van der Waals surface area contributed by atoms with Gasteiger partial charge in [0.05, 0.1) is 0 Å². The third-order valence-corrected chi connectivity index (χ3v) is 3.72. The monoisotopic (exact) mass is 279 g/mol. The van der Waals surface area contributed by atoms with E-state index in [-0.39, 0.29) is 11.1 Å². The van der Waals surface area contributed by atoms with Gasteiger partial charge in [-0.05, 0) is 12.3 Å². The fourth-order valence-electron chi connectivity index (χ4n) is 1.56. The van der Waals surface area contributed by atoms with Gasteiger partial charge in [-0.1, -0.05) is 27.7 Å². The Morgan fingerprint density at radius 2 is 1.88 bits per heavy atom. The normalized spacial score (nSPS) is 14.2. The molecule has 5 nitrogen and oxygen atoms in total. The summed E-state index contributed by atoms with van der Waals surface area (Å²) in [5, 5.41) is 7.51. The Morgan fingerprint density at radius 1 is 1.29 bits per heavy atom. The van der Waals surface area contributed by atoms with E-state index in [4.69, 9.17) is 10.7 Å². The van der Waals surface area contributed by atoms with Gasteiger partial charge in [-0.3, -0.25) is 0 Å². The minimum atomic E-state index is -3.84. The molecule has 1 atom stereocenters. The van der Waals surface area contributed by atoms with Crippen LogP contribution in [0.15, 0.2) is 5.16 Å². The van der Waals surface area contributed by atoms with E-state index in [2.05, 4.69) is 10.2 Å². The number of hydrogen-bond acceptors (Lipinski definition) is 4. The topological polar surface area (TPSA) is 64.8 Å². The fraction of sp³-hybridized carbons (Fsp3) is 0.800. The van der Waals surface area contributed by atoms with Crippen LogP contribution >= 0.6 is 10.7 Å². The van der Waals surface area contributed by atoms with Gasteiger partial charge in [-0.2, -0.15) is 0 Å². The molecule has 0 aliphatic carbocycles. The Hall–Kier alpha value is -0.620. The largest absolute Gasteiger partial charge is 0.300 e. The van der Waals surface area contributed by atoms with Gasteiger partial charge in [0.2, 0.25) is 0 Å². The molecule has 17 heavy (non-hydrogen) atoms. The molecule has 0 aliphatic heterocycles. The molecular weight excluding hydrogens is 262 g/mol. The third-order valence-electron chi connectivity index (χ3n) is 2.56. The Kier molecular flexibility index (Phi) is 4.55. The summed E-state index contributed by atoms with van der Waals surface area (Å²) >= 11 is 0. The Morgan fingerprint density at radius 3 is 2.29 bits per heavy atom. The van der Waals surface area contributed by atoms with Crippen LogP contribution in [0.1, 0.15) is 45.9 Å². The van der Waals surface area contributed by atoms with Crippen LogP contribution in [0, 0.1) is 5.92 Å². The average molecular weight is 280 g/mol. The highest BCUT2D eigenvalue weighted by atomic mass is 35.7. The third kappa shape index (κ3) is 3.42. The van der Waals surface area contributed by atoms with Crippen molar-refractivity contribution in [2.45, 2.75) is 51.7 Å². The highest BCUT2D eigenvalue weighted by molar-refractivity contribution is 8.13. The molecular formula is C10H18ClN3O2S. The van der Waals surface area contributed by atoms with Crippen LogP contribution in [-0.4, -0.2) is 23.2 Å². The average Bonchev–Trinajstić information content (AvgIpc) is 2.58. The van der Waals surface area contributed by atoms with Crippen LogP contribution in [0.3, 0.4) is 0 Å². The highest BCUT2D eigenvalue weighted by Gasteiger charge is 2.24. The number of nitrogens with zero attached hydrogens (tertiary/aromatic N) is 3. The number of aromatic nitrogens is 3. The second kappa shape index (κ2) is 5.35. The summed E-state index contributed by atoms with van der Waals surface area (Å²) in [4.78, 5) is 0. The van der Waals surface area contributed by atoms with Gasteiger partial charge in [0, 0.05) is 23.1 Å². The molecule has 1 aromatic heterocycles. The van der Waals surface area contributed by atoms with Gasteiger partial charge in [0.15, 0.2) is 0 Å². The lowest BCUT2D eigenvalue weighted by molar-refractivity contribution is 0.459. The number of hydrogen-bond donors (Lipinski definition) is 0. The van der Waals surface area contributed by atoms with Crippen molar-refractivity contribution >= 4 is 19.7 Å². The summed E-state index contributed by atoms with van der Waals surface area (Å²) < 4.78 is 24.4. The first kappa shape index (κ1) is 14.4. The molecule has 0 saturated heterocycles.